The van der Waals surface area contributed by atoms with Gasteiger partial charge in [0.25, 0.3) is 11.8 Å². The van der Waals surface area contributed by atoms with E-state index in [1.807, 2.05) is 43.3 Å². The number of nitrogens with one attached hydrogen (secondary N) is 2. The number of para-hydroxylation sites is 1. The van der Waals surface area contributed by atoms with Crippen LogP contribution in [0.15, 0.2) is 78.9 Å². The van der Waals surface area contributed by atoms with Gasteiger partial charge in [0.05, 0.1) is 12.2 Å². The monoisotopic (exact) mass is 388 g/mol. The fraction of sp³-hybridized carbons (Fsp3) is 0.167. The molecule has 0 heterocycles. The molecule has 148 valence electrons. The van der Waals surface area contributed by atoms with E-state index >= 15 is 0 Å². The van der Waals surface area contributed by atoms with Gasteiger partial charge in [0.1, 0.15) is 5.75 Å². The first kappa shape index (κ1) is 20.1. The average Bonchev–Trinajstić information content (AvgIpc) is 2.77. The van der Waals surface area contributed by atoms with Crippen LogP contribution in [0.2, 0.25) is 0 Å². The van der Waals surface area contributed by atoms with E-state index in [1.165, 1.54) is 0 Å². The Morgan fingerprint density at radius 1 is 0.862 bits per heavy atom. The standard InChI is InChI=1S/C24H24N2O3/c1-2-15-29-22-14-7-6-13-21(22)24(28)26-20-12-8-11-19(16-20)23(27)25-17-18-9-4-3-5-10-18/h3-14,16H,2,15,17H2,1H3,(H,25,27)(H,26,28). The number of benzene rings is 3. The summed E-state index contributed by atoms with van der Waals surface area (Å²) in [5.41, 5.74) is 2.51. The van der Waals surface area contributed by atoms with Gasteiger partial charge in [0.2, 0.25) is 0 Å². The molecule has 0 spiro atoms. The Morgan fingerprint density at radius 2 is 1.62 bits per heavy atom. The minimum Gasteiger partial charge on any atom is -0.493 e. The Kier molecular flexibility index (Phi) is 7.00. The molecule has 29 heavy (non-hydrogen) atoms. The number of amides is 2. The van der Waals surface area contributed by atoms with Crippen molar-refractivity contribution in [2.45, 2.75) is 19.9 Å². The Bertz CT molecular complexity index is 971. The van der Waals surface area contributed by atoms with Crippen molar-refractivity contribution in [3.8, 4) is 5.75 Å². The summed E-state index contributed by atoms with van der Waals surface area (Å²) in [4.78, 5) is 25.2. The first-order chi connectivity index (χ1) is 14.2. The molecule has 0 fully saturated rings. The van der Waals surface area contributed by atoms with E-state index in [2.05, 4.69) is 10.6 Å². The molecule has 0 saturated carbocycles. The summed E-state index contributed by atoms with van der Waals surface area (Å²) in [5, 5.41) is 5.73. The molecule has 3 rings (SSSR count). The molecular weight excluding hydrogens is 364 g/mol. The first-order valence-electron chi connectivity index (χ1n) is 9.62. The van der Waals surface area contributed by atoms with Crippen molar-refractivity contribution < 1.29 is 14.3 Å². The van der Waals surface area contributed by atoms with Crippen LogP contribution in [-0.4, -0.2) is 18.4 Å². The summed E-state index contributed by atoms with van der Waals surface area (Å²) in [6, 6.07) is 23.7. The lowest BCUT2D eigenvalue weighted by Gasteiger charge is -2.12. The van der Waals surface area contributed by atoms with Crippen LogP contribution in [0.5, 0.6) is 5.75 Å². The highest BCUT2D eigenvalue weighted by Crippen LogP contribution is 2.20. The third kappa shape index (κ3) is 5.69. The maximum absolute atomic E-state index is 12.7. The molecule has 0 aromatic heterocycles. The molecule has 3 aromatic carbocycles. The quantitative estimate of drug-likeness (QED) is 0.590. The van der Waals surface area contributed by atoms with Gasteiger partial charge >= 0.3 is 0 Å². The molecule has 2 amide bonds. The molecular formula is C24H24N2O3. The van der Waals surface area contributed by atoms with Gasteiger partial charge in [-0.2, -0.15) is 0 Å². The van der Waals surface area contributed by atoms with Gasteiger partial charge in [0, 0.05) is 17.8 Å². The summed E-state index contributed by atoms with van der Waals surface area (Å²) in [6.07, 6.45) is 0.857. The Labute approximate surface area is 170 Å². The molecule has 0 aliphatic rings. The van der Waals surface area contributed by atoms with Crippen LogP contribution in [0.25, 0.3) is 0 Å². The predicted molar refractivity (Wildman–Crippen MR) is 114 cm³/mol. The van der Waals surface area contributed by atoms with E-state index in [4.69, 9.17) is 4.74 Å². The Morgan fingerprint density at radius 3 is 2.41 bits per heavy atom. The van der Waals surface area contributed by atoms with Gasteiger partial charge in [-0.25, -0.2) is 0 Å². The van der Waals surface area contributed by atoms with Crippen LogP contribution in [0.4, 0.5) is 5.69 Å². The van der Waals surface area contributed by atoms with Gasteiger partial charge in [-0.15, -0.1) is 0 Å². The van der Waals surface area contributed by atoms with Gasteiger partial charge in [-0.1, -0.05) is 55.5 Å². The molecule has 0 aliphatic heterocycles. The van der Waals surface area contributed by atoms with Gasteiger partial charge in [-0.3, -0.25) is 9.59 Å². The van der Waals surface area contributed by atoms with Gasteiger partial charge in [-0.05, 0) is 42.3 Å². The highest BCUT2D eigenvalue weighted by atomic mass is 16.5. The summed E-state index contributed by atoms with van der Waals surface area (Å²) in [6.45, 7) is 3.00. The van der Waals surface area contributed by atoms with Crippen LogP contribution < -0.4 is 15.4 Å². The maximum atomic E-state index is 12.7. The van der Waals surface area contributed by atoms with Crippen LogP contribution >= 0.6 is 0 Å². The Hall–Kier alpha value is -3.60. The second kappa shape index (κ2) is 10.1. The summed E-state index contributed by atoms with van der Waals surface area (Å²) >= 11 is 0. The lowest BCUT2D eigenvalue weighted by atomic mass is 10.1. The fourth-order valence-electron chi connectivity index (χ4n) is 2.81. The minimum atomic E-state index is -0.279. The highest BCUT2D eigenvalue weighted by molar-refractivity contribution is 6.06. The molecule has 5 nitrogen and oxygen atoms in total. The smallest absolute Gasteiger partial charge is 0.259 e. The third-order valence-corrected chi connectivity index (χ3v) is 4.27. The van der Waals surface area contributed by atoms with E-state index in [0.29, 0.717) is 35.7 Å². The van der Waals surface area contributed by atoms with Crippen LogP contribution in [0.1, 0.15) is 39.6 Å². The van der Waals surface area contributed by atoms with Crippen LogP contribution in [0.3, 0.4) is 0 Å². The molecule has 0 atom stereocenters. The lowest BCUT2D eigenvalue weighted by molar-refractivity contribution is 0.0949. The lowest BCUT2D eigenvalue weighted by Crippen LogP contribution is -2.23. The number of hydrogen-bond donors (Lipinski definition) is 2. The largest absolute Gasteiger partial charge is 0.493 e. The molecule has 0 aliphatic carbocycles. The number of ether oxygens (including phenoxy) is 1. The summed E-state index contributed by atoms with van der Waals surface area (Å²) in [7, 11) is 0. The van der Waals surface area contributed by atoms with E-state index in [1.54, 1.807) is 42.5 Å². The topological polar surface area (TPSA) is 67.4 Å². The number of carbonyl (C=O) groups excluding carboxylic acids is 2. The van der Waals surface area contributed by atoms with Crippen molar-refractivity contribution >= 4 is 17.5 Å². The van der Waals surface area contributed by atoms with Gasteiger partial charge in [0.15, 0.2) is 0 Å². The normalized spacial score (nSPS) is 10.2. The van der Waals surface area contributed by atoms with E-state index < -0.39 is 0 Å². The maximum Gasteiger partial charge on any atom is 0.259 e. The molecule has 0 unspecified atom stereocenters. The summed E-state index contributed by atoms with van der Waals surface area (Å²) in [5.74, 6) is 0.0683. The van der Waals surface area contributed by atoms with Crippen molar-refractivity contribution in [3.05, 3.63) is 95.6 Å². The Balaban J connectivity index is 1.66. The number of rotatable bonds is 8. The summed E-state index contributed by atoms with van der Waals surface area (Å²) < 4.78 is 5.66. The fourth-order valence-corrected chi connectivity index (χ4v) is 2.81. The molecule has 0 saturated heterocycles. The van der Waals surface area contributed by atoms with Crippen LogP contribution in [-0.2, 0) is 6.54 Å². The van der Waals surface area contributed by atoms with Crippen molar-refractivity contribution in [1.82, 2.24) is 5.32 Å². The predicted octanol–water partition coefficient (Wildman–Crippen LogP) is 4.66. The van der Waals surface area contributed by atoms with E-state index in [-0.39, 0.29) is 11.8 Å². The van der Waals surface area contributed by atoms with Crippen molar-refractivity contribution in [2.24, 2.45) is 0 Å². The number of carbonyl (C=O) groups is 2. The second-order valence-corrected chi connectivity index (χ2v) is 6.55. The molecule has 3 aromatic rings. The average molecular weight is 388 g/mol. The number of hydrogen-bond acceptors (Lipinski definition) is 3. The van der Waals surface area contributed by atoms with E-state index in [9.17, 15) is 9.59 Å². The zero-order chi connectivity index (χ0) is 20.5. The zero-order valence-corrected chi connectivity index (χ0v) is 16.4. The molecule has 0 bridgehead atoms. The molecule has 5 heteroatoms. The van der Waals surface area contributed by atoms with Gasteiger partial charge < -0.3 is 15.4 Å². The molecule has 0 radical (unpaired) electrons. The van der Waals surface area contributed by atoms with Crippen LogP contribution in [0, 0.1) is 0 Å². The zero-order valence-electron chi connectivity index (χ0n) is 16.4. The van der Waals surface area contributed by atoms with Crippen molar-refractivity contribution in [3.63, 3.8) is 0 Å². The SMILES string of the molecule is CCCOc1ccccc1C(=O)Nc1cccc(C(=O)NCc2ccccc2)c1. The number of anilines is 1. The first-order valence-corrected chi connectivity index (χ1v) is 9.62. The third-order valence-electron chi connectivity index (χ3n) is 4.27. The highest BCUT2D eigenvalue weighted by Gasteiger charge is 2.13. The van der Waals surface area contributed by atoms with Crippen molar-refractivity contribution in [2.75, 3.05) is 11.9 Å². The second-order valence-electron chi connectivity index (χ2n) is 6.55. The minimum absolute atomic E-state index is 0.198. The molecule has 2 N–H and O–H groups in total. The van der Waals surface area contributed by atoms with E-state index in [0.717, 1.165) is 12.0 Å². The van der Waals surface area contributed by atoms with Crippen molar-refractivity contribution in [1.29, 1.82) is 0 Å².